The fourth-order valence-corrected chi connectivity index (χ4v) is 3.52. The van der Waals surface area contributed by atoms with Crippen molar-refractivity contribution in [3.63, 3.8) is 0 Å². The summed E-state index contributed by atoms with van der Waals surface area (Å²) in [5, 5.41) is 23.5. The summed E-state index contributed by atoms with van der Waals surface area (Å²) in [7, 11) is 0. The summed E-state index contributed by atoms with van der Waals surface area (Å²) >= 11 is 3.22. The molecule has 13 heteroatoms. The number of guanidine groups is 1. The number of hydrogen-bond donors (Lipinski definition) is 4. The van der Waals surface area contributed by atoms with Crippen molar-refractivity contribution in [2.75, 3.05) is 30.0 Å². The van der Waals surface area contributed by atoms with Gasteiger partial charge >= 0.3 is 5.97 Å². The number of benzene rings is 1. The number of nitrogens with zero attached hydrogens (tertiary/aromatic N) is 4. The number of fused-ring (bicyclic) bond motifs is 1. The van der Waals surface area contributed by atoms with Gasteiger partial charge in [0, 0.05) is 15.6 Å². The number of hydrogen-bond acceptors (Lipinski definition) is 11. The van der Waals surface area contributed by atoms with Gasteiger partial charge in [0.1, 0.15) is 29.3 Å². The Morgan fingerprint density at radius 1 is 1.41 bits per heavy atom. The quantitative estimate of drug-likeness (QED) is 0.267. The van der Waals surface area contributed by atoms with Crippen LogP contribution in [-0.4, -0.2) is 30.1 Å². The van der Waals surface area contributed by atoms with Gasteiger partial charge in [0.05, 0.1) is 12.3 Å². The van der Waals surface area contributed by atoms with Gasteiger partial charge in [-0.3, -0.25) is 5.32 Å². The van der Waals surface area contributed by atoms with E-state index in [1.165, 1.54) is 6.07 Å². The lowest BCUT2D eigenvalue weighted by molar-refractivity contribution is -0.145. The lowest BCUT2D eigenvalue weighted by atomic mass is 9.94. The zero-order valence-corrected chi connectivity index (χ0v) is 18.2. The second-order valence-corrected chi connectivity index (χ2v) is 7.22. The van der Waals surface area contributed by atoms with Gasteiger partial charge in [-0.15, -0.1) is 0 Å². The summed E-state index contributed by atoms with van der Waals surface area (Å²) in [4.78, 5) is 20.3. The van der Waals surface area contributed by atoms with Crippen LogP contribution in [0.5, 0.6) is 5.75 Å². The molecule has 0 spiro atoms. The number of pyridine rings is 1. The Bertz CT molecular complexity index is 1200. The van der Waals surface area contributed by atoms with Crippen molar-refractivity contribution in [2.45, 2.75) is 13.0 Å². The van der Waals surface area contributed by atoms with Crippen molar-refractivity contribution in [2.24, 2.45) is 4.99 Å². The molecule has 2 heterocycles. The number of esters is 1. The largest absolute Gasteiger partial charge is 0.478 e. The van der Waals surface area contributed by atoms with Crippen molar-refractivity contribution in [3.05, 3.63) is 39.1 Å². The normalized spacial score (nSPS) is 14.2. The van der Waals surface area contributed by atoms with Gasteiger partial charge in [-0.05, 0) is 19.1 Å². The highest BCUT2D eigenvalue weighted by atomic mass is 79.9. The summed E-state index contributed by atoms with van der Waals surface area (Å²) in [5.74, 6) is -1.79. The standard InChI is InChI=1S/C19H16BrFN8O3/c1-2-31-12(30)6-32-16-9(3-8(20)4-11(16)21)15-13-14(24)10(5-22)17(25)28-18(13)29-19(27-15)26-7-23/h3-4,15H,2,6H2,1H3,(H6,24,25,26,27,28,29). The minimum Gasteiger partial charge on any atom is -0.478 e. The maximum atomic E-state index is 14.9. The van der Waals surface area contributed by atoms with Crippen molar-refractivity contribution in [1.29, 1.82) is 10.5 Å². The fourth-order valence-electron chi connectivity index (χ4n) is 3.08. The van der Waals surface area contributed by atoms with E-state index in [0.717, 1.165) is 6.07 Å². The Morgan fingerprint density at radius 2 is 2.16 bits per heavy atom. The number of carbonyl (C=O) groups is 1. The first-order chi connectivity index (χ1) is 15.3. The van der Waals surface area contributed by atoms with Crippen LogP contribution in [-0.2, 0) is 9.53 Å². The van der Waals surface area contributed by atoms with E-state index in [1.54, 1.807) is 13.1 Å². The highest BCUT2D eigenvalue weighted by Gasteiger charge is 2.33. The Kier molecular flexibility index (Phi) is 6.61. The molecule has 1 unspecified atom stereocenters. The van der Waals surface area contributed by atoms with Crippen LogP contribution < -0.4 is 26.8 Å². The minimum atomic E-state index is -1.06. The molecule has 0 saturated carbocycles. The summed E-state index contributed by atoms with van der Waals surface area (Å²) in [6.45, 7) is 1.21. The van der Waals surface area contributed by atoms with Crippen molar-refractivity contribution >= 4 is 45.2 Å². The predicted octanol–water partition coefficient (Wildman–Crippen LogP) is 1.90. The molecule has 3 rings (SSSR count). The zero-order chi connectivity index (χ0) is 23.4. The monoisotopic (exact) mass is 502 g/mol. The first-order valence-corrected chi connectivity index (χ1v) is 9.86. The number of nitrogens with one attached hydrogen (secondary N) is 2. The molecule has 0 aliphatic carbocycles. The Labute approximate surface area is 190 Å². The average molecular weight is 503 g/mol. The van der Waals surface area contributed by atoms with E-state index in [1.807, 2.05) is 6.07 Å². The first kappa shape index (κ1) is 22.6. The van der Waals surface area contributed by atoms with Crippen LogP contribution in [0.15, 0.2) is 21.6 Å². The fraction of sp³-hybridized carbons (Fsp3) is 0.211. The third-order valence-electron chi connectivity index (χ3n) is 4.33. The number of nitriles is 2. The molecular weight excluding hydrogens is 487 g/mol. The van der Waals surface area contributed by atoms with Crippen LogP contribution in [0.4, 0.5) is 21.7 Å². The average Bonchev–Trinajstić information content (AvgIpc) is 2.72. The number of rotatable bonds is 5. The molecule has 2 aromatic rings. The second-order valence-electron chi connectivity index (χ2n) is 6.30. The van der Waals surface area contributed by atoms with E-state index in [9.17, 15) is 14.4 Å². The van der Waals surface area contributed by atoms with Gasteiger partial charge in [-0.25, -0.2) is 19.2 Å². The molecular formula is C19H16BrFN8O3. The molecule has 0 radical (unpaired) electrons. The smallest absolute Gasteiger partial charge is 0.344 e. The number of nitrogen functional groups attached to an aromatic ring is 2. The van der Waals surface area contributed by atoms with E-state index in [2.05, 4.69) is 36.5 Å². The molecule has 32 heavy (non-hydrogen) atoms. The third-order valence-corrected chi connectivity index (χ3v) is 4.79. The van der Waals surface area contributed by atoms with Crippen LogP contribution in [0.1, 0.15) is 29.7 Å². The summed E-state index contributed by atoms with van der Waals surface area (Å²) in [5.41, 5.74) is 12.3. The third kappa shape index (κ3) is 4.33. The van der Waals surface area contributed by atoms with Crippen LogP contribution in [0.25, 0.3) is 0 Å². The summed E-state index contributed by atoms with van der Waals surface area (Å²) in [6.07, 6.45) is 1.72. The molecule has 0 saturated heterocycles. The highest BCUT2D eigenvalue weighted by molar-refractivity contribution is 9.10. The summed E-state index contributed by atoms with van der Waals surface area (Å²) < 4.78 is 25.5. The maximum absolute atomic E-state index is 14.9. The first-order valence-electron chi connectivity index (χ1n) is 9.06. The van der Waals surface area contributed by atoms with Gasteiger partial charge in [-0.2, -0.15) is 10.5 Å². The number of nitrogens with two attached hydrogens (primary N) is 2. The van der Waals surface area contributed by atoms with Crippen molar-refractivity contribution in [3.8, 4) is 18.0 Å². The SMILES string of the molecule is CCOC(=O)COc1c(F)cc(Br)cc1C1N=C(NC#N)Nc2nc(N)c(C#N)c(N)c21. The number of ether oxygens (including phenoxy) is 2. The van der Waals surface area contributed by atoms with Crippen molar-refractivity contribution < 1.29 is 18.7 Å². The highest BCUT2D eigenvalue weighted by Crippen LogP contribution is 2.44. The zero-order valence-electron chi connectivity index (χ0n) is 16.6. The second kappa shape index (κ2) is 9.36. The maximum Gasteiger partial charge on any atom is 0.344 e. The van der Waals surface area contributed by atoms with E-state index in [-0.39, 0.29) is 52.3 Å². The summed E-state index contributed by atoms with van der Waals surface area (Å²) in [6, 6.07) is 3.48. The molecule has 1 aromatic carbocycles. The number of aromatic nitrogens is 1. The van der Waals surface area contributed by atoms with Crippen molar-refractivity contribution in [1.82, 2.24) is 10.3 Å². The van der Waals surface area contributed by atoms with Crippen LogP contribution >= 0.6 is 15.9 Å². The minimum absolute atomic E-state index is 0.0160. The molecule has 0 bridgehead atoms. The molecule has 1 aromatic heterocycles. The predicted molar refractivity (Wildman–Crippen MR) is 116 cm³/mol. The molecule has 1 atom stereocenters. The van der Waals surface area contributed by atoms with Crippen LogP contribution in [0.2, 0.25) is 0 Å². The number of aliphatic imine (C=N–C) groups is 1. The van der Waals surface area contributed by atoms with Gasteiger partial charge in [0.2, 0.25) is 5.96 Å². The molecule has 164 valence electrons. The van der Waals surface area contributed by atoms with Gasteiger partial charge in [-0.1, -0.05) is 15.9 Å². The Balaban J connectivity index is 2.21. The molecule has 1 aliphatic rings. The van der Waals surface area contributed by atoms with Crippen LogP contribution in [0.3, 0.4) is 0 Å². The van der Waals surface area contributed by atoms with E-state index in [0.29, 0.717) is 4.47 Å². The Hall–Kier alpha value is -4.10. The van der Waals surface area contributed by atoms with Gasteiger partial charge < -0.3 is 26.3 Å². The topological polar surface area (TPSA) is 184 Å². The number of anilines is 3. The lowest BCUT2D eigenvalue weighted by Crippen LogP contribution is -2.33. The van der Waals surface area contributed by atoms with Gasteiger partial charge in [0.15, 0.2) is 24.4 Å². The Morgan fingerprint density at radius 3 is 2.81 bits per heavy atom. The molecule has 0 fully saturated rings. The lowest BCUT2D eigenvalue weighted by Gasteiger charge is -2.27. The molecule has 6 N–H and O–H groups in total. The number of carbonyl (C=O) groups excluding carboxylic acids is 1. The van der Waals surface area contributed by atoms with E-state index in [4.69, 9.17) is 26.2 Å². The molecule has 1 aliphatic heterocycles. The van der Waals surface area contributed by atoms with Crippen LogP contribution in [0, 0.1) is 28.6 Å². The van der Waals surface area contributed by atoms with Gasteiger partial charge in [0.25, 0.3) is 0 Å². The van der Waals surface area contributed by atoms with E-state index >= 15 is 0 Å². The number of halogens is 2. The molecule has 0 amide bonds. The van der Waals surface area contributed by atoms with E-state index < -0.39 is 24.4 Å². The molecule has 11 nitrogen and oxygen atoms in total.